The third kappa shape index (κ3) is 3.72. The standard InChI is InChI=1S/C9H15NO2S/c1-7-5-10(4-3-9(11)12)6-8(2)13-7/h3-4,7-8H,5-6H2,1-2H3,(H,11,12). The summed E-state index contributed by atoms with van der Waals surface area (Å²) in [6.07, 6.45) is 2.88. The fraction of sp³-hybridized carbons (Fsp3) is 0.667. The van der Waals surface area contributed by atoms with Crippen LogP contribution in [0, 0.1) is 0 Å². The molecule has 1 heterocycles. The van der Waals surface area contributed by atoms with Crippen LogP contribution in [-0.4, -0.2) is 39.6 Å². The van der Waals surface area contributed by atoms with Crippen molar-refractivity contribution >= 4 is 17.7 Å². The molecule has 0 saturated carbocycles. The van der Waals surface area contributed by atoms with Gasteiger partial charge >= 0.3 is 5.97 Å². The van der Waals surface area contributed by atoms with Gasteiger partial charge in [0.15, 0.2) is 0 Å². The van der Waals surface area contributed by atoms with Crippen molar-refractivity contribution < 1.29 is 9.90 Å². The number of carboxylic acid groups (broad SMARTS) is 1. The summed E-state index contributed by atoms with van der Waals surface area (Å²) in [6.45, 7) is 6.22. The van der Waals surface area contributed by atoms with Gasteiger partial charge in [-0.15, -0.1) is 0 Å². The Hall–Kier alpha value is -0.640. The van der Waals surface area contributed by atoms with E-state index in [0.717, 1.165) is 13.1 Å². The van der Waals surface area contributed by atoms with E-state index < -0.39 is 5.97 Å². The normalized spacial score (nSPS) is 29.5. The molecule has 0 radical (unpaired) electrons. The molecule has 13 heavy (non-hydrogen) atoms. The summed E-state index contributed by atoms with van der Waals surface area (Å²) in [5.74, 6) is -0.876. The number of nitrogens with zero attached hydrogens (tertiary/aromatic N) is 1. The highest BCUT2D eigenvalue weighted by molar-refractivity contribution is 8.00. The van der Waals surface area contributed by atoms with E-state index in [1.165, 1.54) is 6.08 Å². The van der Waals surface area contributed by atoms with Crippen LogP contribution >= 0.6 is 11.8 Å². The number of carbonyl (C=O) groups is 1. The molecule has 4 heteroatoms. The summed E-state index contributed by atoms with van der Waals surface area (Å²) < 4.78 is 0. The third-order valence-electron chi connectivity index (χ3n) is 1.88. The van der Waals surface area contributed by atoms with Gasteiger partial charge < -0.3 is 10.0 Å². The first-order valence-electron chi connectivity index (χ1n) is 4.38. The van der Waals surface area contributed by atoms with Gasteiger partial charge in [0.05, 0.1) is 0 Å². The quantitative estimate of drug-likeness (QED) is 0.686. The lowest BCUT2D eigenvalue weighted by Gasteiger charge is -2.33. The summed E-state index contributed by atoms with van der Waals surface area (Å²) in [6, 6.07) is 0. The van der Waals surface area contributed by atoms with E-state index in [9.17, 15) is 4.79 Å². The van der Waals surface area contributed by atoms with E-state index in [1.54, 1.807) is 6.20 Å². The Balaban J connectivity index is 2.46. The topological polar surface area (TPSA) is 40.5 Å². The van der Waals surface area contributed by atoms with Gasteiger partial charge in [0, 0.05) is 35.9 Å². The fourth-order valence-corrected chi connectivity index (χ4v) is 2.86. The number of aliphatic carboxylic acids is 1. The van der Waals surface area contributed by atoms with E-state index in [-0.39, 0.29) is 0 Å². The molecule has 1 rings (SSSR count). The van der Waals surface area contributed by atoms with Gasteiger partial charge in [-0.2, -0.15) is 11.8 Å². The Labute approximate surface area is 82.8 Å². The molecule has 1 N–H and O–H groups in total. The van der Waals surface area contributed by atoms with E-state index >= 15 is 0 Å². The Bertz CT molecular complexity index is 208. The lowest BCUT2D eigenvalue weighted by Crippen LogP contribution is -2.36. The van der Waals surface area contributed by atoms with Crippen molar-refractivity contribution in [3.05, 3.63) is 12.3 Å². The van der Waals surface area contributed by atoms with Crippen LogP contribution in [0.4, 0.5) is 0 Å². The van der Waals surface area contributed by atoms with Gasteiger partial charge in [-0.05, 0) is 0 Å². The highest BCUT2D eigenvalue weighted by Gasteiger charge is 2.19. The smallest absolute Gasteiger partial charge is 0.329 e. The van der Waals surface area contributed by atoms with Crippen LogP contribution in [0.3, 0.4) is 0 Å². The molecule has 2 atom stereocenters. The van der Waals surface area contributed by atoms with E-state index in [1.807, 2.05) is 11.8 Å². The fourth-order valence-electron chi connectivity index (χ4n) is 1.51. The molecular formula is C9H15NO2S. The van der Waals surface area contributed by atoms with Crippen molar-refractivity contribution in [1.82, 2.24) is 4.90 Å². The molecule has 1 fully saturated rings. The maximum atomic E-state index is 10.3. The van der Waals surface area contributed by atoms with Crippen LogP contribution in [0.25, 0.3) is 0 Å². The van der Waals surface area contributed by atoms with Crippen molar-refractivity contribution in [2.24, 2.45) is 0 Å². The Morgan fingerprint density at radius 3 is 2.46 bits per heavy atom. The molecular weight excluding hydrogens is 186 g/mol. The summed E-state index contributed by atoms with van der Waals surface area (Å²) in [5.41, 5.74) is 0. The molecule has 0 aromatic heterocycles. The molecule has 0 aliphatic carbocycles. The number of carboxylic acids is 1. The first kappa shape index (κ1) is 10.4. The van der Waals surface area contributed by atoms with E-state index in [0.29, 0.717) is 10.5 Å². The molecule has 0 bridgehead atoms. The SMILES string of the molecule is CC1CN(C=CC(=O)O)CC(C)S1. The number of hydrogen-bond donors (Lipinski definition) is 1. The first-order chi connectivity index (χ1) is 6.08. The lowest BCUT2D eigenvalue weighted by molar-refractivity contribution is -0.131. The first-order valence-corrected chi connectivity index (χ1v) is 5.33. The van der Waals surface area contributed by atoms with Gasteiger partial charge in [0.1, 0.15) is 0 Å². The maximum Gasteiger partial charge on any atom is 0.329 e. The molecule has 0 amide bonds. The molecule has 2 unspecified atom stereocenters. The van der Waals surface area contributed by atoms with Crippen LogP contribution in [-0.2, 0) is 4.79 Å². The molecule has 0 spiro atoms. The minimum absolute atomic E-state index is 0.585. The molecule has 3 nitrogen and oxygen atoms in total. The molecule has 0 aromatic carbocycles. The van der Waals surface area contributed by atoms with Crippen LogP contribution < -0.4 is 0 Å². The van der Waals surface area contributed by atoms with Crippen molar-refractivity contribution in [1.29, 1.82) is 0 Å². The zero-order valence-electron chi connectivity index (χ0n) is 7.93. The largest absolute Gasteiger partial charge is 0.478 e. The highest BCUT2D eigenvalue weighted by Crippen LogP contribution is 2.24. The van der Waals surface area contributed by atoms with Gasteiger partial charge in [0.2, 0.25) is 0 Å². The summed E-state index contributed by atoms with van der Waals surface area (Å²) in [7, 11) is 0. The molecule has 74 valence electrons. The van der Waals surface area contributed by atoms with E-state index in [4.69, 9.17) is 5.11 Å². The maximum absolute atomic E-state index is 10.3. The Morgan fingerprint density at radius 2 is 2.00 bits per heavy atom. The summed E-state index contributed by atoms with van der Waals surface area (Å²) in [5, 5.41) is 9.63. The van der Waals surface area contributed by atoms with Gasteiger partial charge in [-0.1, -0.05) is 13.8 Å². The minimum atomic E-state index is -0.876. The monoisotopic (exact) mass is 201 g/mol. The zero-order valence-corrected chi connectivity index (χ0v) is 8.75. The Morgan fingerprint density at radius 1 is 1.46 bits per heavy atom. The average molecular weight is 201 g/mol. The van der Waals surface area contributed by atoms with Gasteiger partial charge in [-0.3, -0.25) is 0 Å². The van der Waals surface area contributed by atoms with Crippen LogP contribution in [0.2, 0.25) is 0 Å². The molecule has 1 aliphatic rings. The molecule has 0 aromatic rings. The van der Waals surface area contributed by atoms with Crippen LogP contribution in [0.1, 0.15) is 13.8 Å². The summed E-state index contributed by atoms with van der Waals surface area (Å²) >= 11 is 1.96. The number of hydrogen-bond acceptors (Lipinski definition) is 3. The van der Waals surface area contributed by atoms with Crippen molar-refractivity contribution in [3.63, 3.8) is 0 Å². The second-order valence-electron chi connectivity index (χ2n) is 3.37. The lowest BCUT2D eigenvalue weighted by atomic mass is 10.3. The molecule has 1 aliphatic heterocycles. The Kier molecular flexibility index (Phi) is 3.66. The second kappa shape index (κ2) is 4.56. The highest BCUT2D eigenvalue weighted by atomic mass is 32.2. The number of thioether (sulfide) groups is 1. The minimum Gasteiger partial charge on any atom is -0.478 e. The van der Waals surface area contributed by atoms with Crippen LogP contribution in [0.15, 0.2) is 12.3 Å². The average Bonchev–Trinajstić information content (AvgIpc) is 1.99. The van der Waals surface area contributed by atoms with Crippen molar-refractivity contribution in [2.75, 3.05) is 13.1 Å². The number of rotatable bonds is 2. The van der Waals surface area contributed by atoms with Crippen LogP contribution in [0.5, 0.6) is 0 Å². The predicted molar refractivity (Wildman–Crippen MR) is 54.9 cm³/mol. The summed E-state index contributed by atoms with van der Waals surface area (Å²) in [4.78, 5) is 12.4. The predicted octanol–water partition coefficient (Wildman–Crippen LogP) is 1.41. The second-order valence-corrected chi connectivity index (χ2v) is 5.25. The third-order valence-corrected chi connectivity index (χ3v) is 3.10. The molecule has 1 saturated heterocycles. The van der Waals surface area contributed by atoms with Gasteiger partial charge in [-0.25, -0.2) is 4.79 Å². The van der Waals surface area contributed by atoms with E-state index in [2.05, 4.69) is 18.7 Å². The van der Waals surface area contributed by atoms with Gasteiger partial charge in [0.25, 0.3) is 0 Å². The van der Waals surface area contributed by atoms with Crippen molar-refractivity contribution in [3.8, 4) is 0 Å². The van der Waals surface area contributed by atoms with Crippen molar-refractivity contribution in [2.45, 2.75) is 24.3 Å². The zero-order chi connectivity index (χ0) is 9.84.